The lowest BCUT2D eigenvalue weighted by molar-refractivity contribution is -0.139. The van der Waals surface area contributed by atoms with Crippen molar-refractivity contribution in [2.24, 2.45) is 5.92 Å². The molecule has 0 amide bonds. The van der Waals surface area contributed by atoms with E-state index in [1.807, 2.05) is 6.92 Å². The van der Waals surface area contributed by atoms with Crippen molar-refractivity contribution in [1.82, 2.24) is 0 Å². The van der Waals surface area contributed by atoms with Crippen LogP contribution in [-0.4, -0.2) is 16.0 Å². The van der Waals surface area contributed by atoms with Crippen LogP contribution in [0, 0.1) is 5.92 Å². The van der Waals surface area contributed by atoms with E-state index in [0.717, 1.165) is 6.42 Å². The first-order valence-electron chi connectivity index (χ1n) is 4.60. The van der Waals surface area contributed by atoms with Gasteiger partial charge in [0, 0.05) is 11.0 Å². The number of rotatable bonds is 3. The Morgan fingerprint density at radius 2 is 2.20 bits per heavy atom. The molecular formula is C10H11Cl3O2. The zero-order valence-corrected chi connectivity index (χ0v) is 10.4. The highest BCUT2D eigenvalue weighted by Crippen LogP contribution is 2.43. The van der Waals surface area contributed by atoms with Crippen LogP contribution in [0.3, 0.4) is 0 Å². The molecule has 0 heterocycles. The second-order valence-electron chi connectivity index (χ2n) is 3.44. The van der Waals surface area contributed by atoms with E-state index < -0.39 is 16.8 Å². The Hall–Kier alpha value is -0.180. The van der Waals surface area contributed by atoms with Crippen molar-refractivity contribution in [3.05, 3.63) is 22.2 Å². The average Bonchev–Trinajstić information content (AvgIpc) is 2.19. The molecule has 1 aliphatic carbocycles. The molecule has 0 aromatic carbocycles. The van der Waals surface area contributed by atoms with Crippen LogP contribution < -0.4 is 0 Å². The number of alkyl halides is 1. The van der Waals surface area contributed by atoms with Gasteiger partial charge in [0.1, 0.15) is 0 Å². The lowest BCUT2D eigenvalue weighted by Crippen LogP contribution is -2.40. The van der Waals surface area contributed by atoms with Gasteiger partial charge >= 0.3 is 5.97 Å². The van der Waals surface area contributed by atoms with Gasteiger partial charge in [-0.25, -0.2) is 4.79 Å². The molecule has 2 atom stereocenters. The van der Waals surface area contributed by atoms with E-state index in [-0.39, 0.29) is 0 Å². The number of hydrogen-bond donors (Lipinski definition) is 1. The summed E-state index contributed by atoms with van der Waals surface area (Å²) in [5, 5.41) is 9.79. The fourth-order valence-electron chi connectivity index (χ4n) is 1.59. The molecule has 0 aromatic heterocycles. The molecule has 0 bridgehead atoms. The Kier molecular flexibility index (Phi) is 4.10. The highest BCUT2D eigenvalue weighted by molar-refractivity contribution is 6.43. The maximum atomic E-state index is 11.1. The van der Waals surface area contributed by atoms with Gasteiger partial charge in [-0.15, -0.1) is 11.6 Å². The Morgan fingerprint density at radius 3 is 2.67 bits per heavy atom. The molecular weight excluding hydrogens is 258 g/mol. The average molecular weight is 270 g/mol. The van der Waals surface area contributed by atoms with Crippen molar-refractivity contribution < 1.29 is 9.90 Å². The van der Waals surface area contributed by atoms with Gasteiger partial charge in [-0.2, -0.15) is 0 Å². The Morgan fingerprint density at radius 1 is 1.60 bits per heavy atom. The van der Waals surface area contributed by atoms with Gasteiger partial charge in [-0.1, -0.05) is 42.6 Å². The highest BCUT2D eigenvalue weighted by Gasteiger charge is 2.45. The number of allylic oxidation sites excluding steroid dienone is 3. The maximum absolute atomic E-state index is 11.1. The molecule has 2 nitrogen and oxygen atoms in total. The third kappa shape index (κ3) is 2.32. The van der Waals surface area contributed by atoms with E-state index >= 15 is 0 Å². The number of carboxylic acids is 1. The summed E-state index contributed by atoms with van der Waals surface area (Å²) >= 11 is 17.9. The van der Waals surface area contributed by atoms with E-state index in [0.29, 0.717) is 16.5 Å². The molecule has 1 rings (SSSR count). The van der Waals surface area contributed by atoms with Gasteiger partial charge in [-0.05, 0) is 12.5 Å². The maximum Gasteiger partial charge on any atom is 0.329 e. The molecule has 2 unspecified atom stereocenters. The van der Waals surface area contributed by atoms with Crippen LogP contribution in [0.2, 0.25) is 0 Å². The number of halogens is 3. The van der Waals surface area contributed by atoms with E-state index in [1.165, 1.54) is 12.2 Å². The fourth-order valence-corrected chi connectivity index (χ4v) is 2.46. The topological polar surface area (TPSA) is 37.3 Å². The predicted molar refractivity (Wildman–Crippen MR) is 62.5 cm³/mol. The van der Waals surface area contributed by atoms with Gasteiger partial charge in [0.05, 0.1) is 5.03 Å². The SMILES string of the molecule is CCCC1C(Cl)=C(Cl)C=CC1(Cl)C(=O)O. The van der Waals surface area contributed by atoms with Gasteiger partial charge in [0.15, 0.2) is 4.87 Å². The van der Waals surface area contributed by atoms with Crippen molar-refractivity contribution >= 4 is 40.8 Å². The normalized spacial score (nSPS) is 30.8. The van der Waals surface area contributed by atoms with Gasteiger partial charge in [0.25, 0.3) is 0 Å². The minimum absolute atomic E-state index is 0.332. The molecule has 1 N–H and O–H groups in total. The van der Waals surface area contributed by atoms with Gasteiger partial charge in [0.2, 0.25) is 0 Å². The van der Waals surface area contributed by atoms with Crippen molar-refractivity contribution in [3.63, 3.8) is 0 Å². The summed E-state index contributed by atoms with van der Waals surface area (Å²) in [6, 6.07) is 0. The van der Waals surface area contributed by atoms with Crippen molar-refractivity contribution in [1.29, 1.82) is 0 Å². The van der Waals surface area contributed by atoms with E-state index in [4.69, 9.17) is 39.9 Å². The van der Waals surface area contributed by atoms with Crippen LogP contribution in [0.5, 0.6) is 0 Å². The molecule has 0 saturated heterocycles. The second-order valence-corrected chi connectivity index (χ2v) is 4.88. The third-order valence-corrected chi connectivity index (χ3v) is 3.86. The predicted octanol–water partition coefficient (Wildman–Crippen LogP) is 3.72. The van der Waals surface area contributed by atoms with Gasteiger partial charge in [-0.3, -0.25) is 0 Å². The molecule has 0 saturated carbocycles. The van der Waals surface area contributed by atoms with Crippen LogP contribution >= 0.6 is 34.8 Å². The summed E-state index contributed by atoms with van der Waals surface area (Å²) in [6.07, 6.45) is 4.22. The largest absolute Gasteiger partial charge is 0.480 e. The fraction of sp³-hybridized carbons (Fsp3) is 0.500. The summed E-state index contributed by atoms with van der Waals surface area (Å²) in [6.45, 7) is 1.94. The Bertz CT molecular complexity index is 336. The van der Waals surface area contributed by atoms with Crippen molar-refractivity contribution in [2.45, 2.75) is 24.6 Å². The van der Waals surface area contributed by atoms with Crippen LogP contribution in [0.15, 0.2) is 22.2 Å². The van der Waals surface area contributed by atoms with Crippen molar-refractivity contribution in [2.75, 3.05) is 0 Å². The van der Waals surface area contributed by atoms with Crippen LogP contribution in [0.25, 0.3) is 0 Å². The molecule has 0 aliphatic heterocycles. The minimum atomic E-state index is -1.47. The van der Waals surface area contributed by atoms with Crippen LogP contribution in [0.4, 0.5) is 0 Å². The smallest absolute Gasteiger partial charge is 0.329 e. The Labute approximate surface area is 104 Å². The Balaban J connectivity index is 3.12. The van der Waals surface area contributed by atoms with Crippen LogP contribution in [0.1, 0.15) is 19.8 Å². The first-order valence-corrected chi connectivity index (χ1v) is 5.73. The number of carboxylic acid groups (broad SMARTS) is 1. The summed E-state index contributed by atoms with van der Waals surface area (Å²) in [4.78, 5) is 9.64. The summed E-state index contributed by atoms with van der Waals surface area (Å²) < 4.78 is 0. The highest BCUT2D eigenvalue weighted by atomic mass is 35.5. The van der Waals surface area contributed by atoms with Gasteiger partial charge < -0.3 is 5.11 Å². The zero-order chi connectivity index (χ0) is 11.6. The number of hydrogen-bond acceptors (Lipinski definition) is 1. The third-order valence-electron chi connectivity index (χ3n) is 2.42. The summed E-state index contributed by atoms with van der Waals surface area (Å²) in [5.74, 6) is -1.55. The lowest BCUT2D eigenvalue weighted by atomic mass is 9.84. The molecule has 0 aromatic rings. The van der Waals surface area contributed by atoms with Crippen LogP contribution in [-0.2, 0) is 4.79 Å². The van der Waals surface area contributed by atoms with E-state index in [1.54, 1.807) is 0 Å². The summed E-state index contributed by atoms with van der Waals surface area (Å²) in [7, 11) is 0. The minimum Gasteiger partial charge on any atom is -0.480 e. The van der Waals surface area contributed by atoms with E-state index in [2.05, 4.69) is 0 Å². The zero-order valence-electron chi connectivity index (χ0n) is 8.14. The first-order chi connectivity index (χ1) is 6.93. The molecule has 1 aliphatic rings. The molecule has 0 fully saturated rings. The number of carbonyl (C=O) groups is 1. The lowest BCUT2D eigenvalue weighted by Gasteiger charge is -2.31. The standard InChI is InChI=1S/C10H11Cl3O2/c1-2-3-6-8(12)7(11)4-5-10(6,13)9(14)15/h4-6H,2-3H2,1H3,(H,14,15). The summed E-state index contributed by atoms with van der Waals surface area (Å²) in [5.41, 5.74) is 0. The van der Waals surface area contributed by atoms with E-state index in [9.17, 15) is 4.79 Å². The molecule has 0 spiro atoms. The molecule has 0 radical (unpaired) electrons. The quantitative estimate of drug-likeness (QED) is 0.793. The monoisotopic (exact) mass is 268 g/mol. The molecule has 15 heavy (non-hydrogen) atoms. The number of aliphatic carboxylic acids is 1. The first kappa shape index (κ1) is 12.9. The second kappa shape index (κ2) is 4.77. The van der Waals surface area contributed by atoms with Crippen molar-refractivity contribution in [3.8, 4) is 0 Å². The molecule has 84 valence electrons. The molecule has 5 heteroatoms.